The van der Waals surface area contributed by atoms with Crippen LogP contribution in [0.25, 0.3) is 0 Å². The molecular formula is C13H16ClFO. The molecule has 1 N–H and O–H groups in total. The van der Waals surface area contributed by atoms with Gasteiger partial charge in [0.15, 0.2) is 0 Å². The highest BCUT2D eigenvalue weighted by Crippen LogP contribution is 2.35. The summed E-state index contributed by atoms with van der Waals surface area (Å²) in [6.07, 6.45) is 4.80. The van der Waals surface area contributed by atoms with Crippen LogP contribution in [-0.2, 0) is 0 Å². The lowest BCUT2D eigenvalue weighted by Gasteiger charge is -2.27. The maximum absolute atomic E-state index is 13.6. The molecule has 0 saturated heterocycles. The van der Waals surface area contributed by atoms with Crippen molar-refractivity contribution in [3.63, 3.8) is 0 Å². The normalized spacial score (nSPS) is 19.7. The fraction of sp³-hybridized carbons (Fsp3) is 0.538. The average molecular weight is 243 g/mol. The zero-order valence-electron chi connectivity index (χ0n) is 9.13. The van der Waals surface area contributed by atoms with Crippen molar-refractivity contribution in [2.24, 2.45) is 5.92 Å². The summed E-state index contributed by atoms with van der Waals surface area (Å²) in [6.45, 7) is 0. The van der Waals surface area contributed by atoms with Crippen molar-refractivity contribution in [2.45, 2.75) is 38.2 Å². The monoisotopic (exact) mass is 242 g/mol. The molecule has 16 heavy (non-hydrogen) atoms. The number of aliphatic hydroxyl groups excluding tert-OH is 1. The summed E-state index contributed by atoms with van der Waals surface area (Å²) in [6, 6.07) is 4.49. The van der Waals surface area contributed by atoms with Crippen LogP contribution in [0.5, 0.6) is 0 Å². The Kier molecular flexibility index (Phi) is 3.82. The Morgan fingerprint density at radius 2 is 1.94 bits per heavy atom. The Hall–Kier alpha value is -0.600. The number of halogens is 2. The fourth-order valence-corrected chi connectivity index (χ4v) is 2.60. The van der Waals surface area contributed by atoms with Gasteiger partial charge in [-0.05, 0) is 30.9 Å². The molecule has 3 heteroatoms. The van der Waals surface area contributed by atoms with E-state index in [0.717, 1.165) is 25.7 Å². The van der Waals surface area contributed by atoms with E-state index in [0.29, 0.717) is 10.6 Å². The number of aliphatic hydroxyl groups is 1. The first-order valence-electron chi connectivity index (χ1n) is 5.81. The predicted molar refractivity (Wildman–Crippen MR) is 62.9 cm³/mol. The van der Waals surface area contributed by atoms with Crippen molar-refractivity contribution in [1.29, 1.82) is 0 Å². The van der Waals surface area contributed by atoms with Crippen LogP contribution in [0, 0.1) is 11.7 Å². The molecule has 1 aliphatic rings. The van der Waals surface area contributed by atoms with Gasteiger partial charge in [0.1, 0.15) is 5.82 Å². The van der Waals surface area contributed by atoms with Gasteiger partial charge >= 0.3 is 0 Å². The Bertz CT molecular complexity index is 361. The second kappa shape index (κ2) is 5.15. The van der Waals surface area contributed by atoms with Gasteiger partial charge in [-0.2, -0.15) is 0 Å². The zero-order valence-corrected chi connectivity index (χ0v) is 9.88. The van der Waals surface area contributed by atoms with Gasteiger partial charge in [-0.25, -0.2) is 4.39 Å². The second-order valence-electron chi connectivity index (χ2n) is 4.51. The zero-order chi connectivity index (χ0) is 11.5. The van der Waals surface area contributed by atoms with Gasteiger partial charge in [0.2, 0.25) is 0 Å². The molecule has 1 aromatic rings. The van der Waals surface area contributed by atoms with E-state index in [2.05, 4.69) is 0 Å². The molecule has 0 bridgehead atoms. The third kappa shape index (κ3) is 2.55. The van der Waals surface area contributed by atoms with E-state index in [1.807, 2.05) is 0 Å². The molecule has 0 heterocycles. The lowest BCUT2D eigenvalue weighted by Crippen LogP contribution is -2.16. The van der Waals surface area contributed by atoms with Crippen molar-refractivity contribution < 1.29 is 9.50 Å². The van der Waals surface area contributed by atoms with Gasteiger partial charge in [0.25, 0.3) is 0 Å². The third-order valence-electron chi connectivity index (χ3n) is 3.38. The quantitative estimate of drug-likeness (QED) is 0.828. The Morgan fingerprint density at radius 1 is 1.25 bits per heavy atom. The van der Waals surface area contributed by atoms with E-state index >= 15 is 0 Å². The molecule has 1 fully saturated rings. The molecule has 1 aromatic carbocycles. The summed E-state index contributed by atoms with van der Waals surface area (Å²) in [7, 11) is 0. The first-order chi connectivity index (χ1) is 7.68. The summed E-state index contributed by atoms with van der Waals surface area (Å²) >= 11 is 5.69. The SMILES string of the molecule is OC(c1ccc(Cl)cc1F)C1CCCCC1. The lowest BCUT2D eigenvalue weighted by atomic mass is 9.82. The molecule has 2 rings (SSSR count). The molecule has 0 aromatic heterocycles. The second-order valence-corrected chi connectivity index (χ2v) is 4.95. The summed E-state index contributed by atoms with van der Waals surface area (Å²) in [4.78, 5) is 0. The van der Waals surface area contributed by atoms with Gasteiger partial charge in [-0.1, -0.05) is 36.9 Å². The van der Waals surface area contributed by atoms with Crippen LogP contribution in [0.1, 0.15) is 43.8 Å². The number of rotatable bonds is 2. The van der Waals surface area contributed by atoms with Crippen LogP contribution in [-0.4, -0.2) is 5.11 Å². The molecule has 1 unspecified atom stereocenters. The lowest BCUT2D eigenvalue weighted by molar-refractivity contribution is 0.0816. The van der Waals surface area contributed by atoms with Crippen molar-refractivity contribution in [2.75, 3.05) is 0 Å². The maximum atomic E-state index is 13.6. The molecule has 1 saturated carbocycles. The number of hydrogen-bond acceptors (Lipinski definition) is 1. The first-order valence-corrected chi connectivity index (χ1v) is 6.19. The standard InChI is InChI=1S/C13H16ClFO/c14-10-6-7-11(12(15)8-10)13(16)9-4-2-1-3-5-9/h6-9,13,16H,1-5H2. The van der Waals surface area contributed by atoms with Crippen LogP contribution in [0.2, 0.25) is 5.02 Å². The van der Waals surface area contributed by atoms with E-state index in [1.165, 1.54) is 12.5 Å². The number of hydrogen-bond donors (Lipinski definition) is 1. The maximum Gasteiger partial charge on any atom is 0.130 e. The van der Waals surface area contributed by atoms with Gasteiger partial charge in [0, 0.05) is 10.6 Å². The van der Waals surface area contributed by atoms with Gasteiger partial charge in [-0.3, -0.25) is 0 Å². The molecule has 1 nitrogen and oxygen atoms in total. The van der Waals surface area contributed by atoms with E-state index < -0.39 is 11.9 Å². The molecule has 1 aliphatic carbocycles. The fourth-order valence-electron chi connectivity index (χ4n) is 2.45. The molecule has 0 spiro atoms. The van der Waals surface area contributed by atoms with Gasteiger partial charge in [-0.15, -0.1) is 0 Å². The minimum Gasteiger partial charge on any atom is -0.388 e. The largest absolute Gasteiger partial charge is 0.388 e. The molecule has 0 radical (unpaired) electrons. The molecule has 88 valence electrons. The van der Waals surface area contributed by atoms with E-state index in [4.69, 9.17) is 11.6 Å². The van der Waals surface area contributed by atoms with Crippen molar-refractivity contribution in [3.8, 4) is 0 Å². The third-order valence-corrected chi connectivity index (χ3v) is 3.61. The Balaban J connectivity index is 2.15. The first kappa shape index (κ1) is 11.9. The Labute approximate surface area is 100 Å². The van der Waals surface area contributed by atoms with Crippen LogP contribution in [0.3, 0.4) is 0 Å². The minimum absolute atomic E-state index is 0.199. The van der Waals surface area contributed by atoms with Crippen molar-refractivity contribution in [1.82, 2.24) is 0 Å². The van der Waals surface area contributed by atoms with E-state index in [1.54, 1.807) is 12.1 Å². The molecule has 0 aliphatic heterocycles. The average Bonchev–Trinajstić information content (AvgIpc) is 2.29. The van der Waals surface area contributed by atoms with E-state index in [-0.39, 0.29) is 5.92 Å². The highest BCUT2D eigenvalue weighted by atomic mass is 35.5. The van der Waals surface area contributed by atoms with Gasteiger partial charge < -0.3 is 5.11 Å². The summed E-state index contributed by atoms with van der Waals surface area (Å²) in [5, 5.41) is 10.5. The smallest absolute Gasteiger partial charge is 0.130 e. The van der Waals surface area contributed by atoms with Crippen LogP contribution in [0.15, 0.2) is 18.2 Å². The summed E-state index contributed by atoms with van der Waals surface area (Å²) in [5.74, 6) is -0.199. The molecule has 1 atom stereocenters. The van der Waals surface area contributed by atoms with Crippen LogP contribution < -0.4 is 0 Å². The Morgan fingerprint density at radius 3 is 2.56 bits per heavy atom. The minimum atomic E-state index is -0.683. The molecular weight excluding hydrogens is 227 g/mol. The van der Waals surface area contributed by atoms with Crippen molar-refractivity contribution >= 4 is 11.6 Å². The predicted octanol–water partition coefficient (Wildman–Crippen LogP) is 4.09. The highest BCUT2D eigenvalue weighted by Gasteiger charge is 2.25. The van der Waals surface area contributed by atoms with E-state index in [9.17, 15) is 9.50 Å². The topological polar surface area (TPSA) is 20.2 Å². The number of benzene rings is 1. The highest BCUT2D eigenvalue weighted by molar-refractivity contribution is 6.30. The van der Waals surface area contributed by atoms with Crippen LogP contribution >= 0.6 is 11.6 Å². The van der Waals surface area contributed by atoms with Crippen LogP contribution in [0.4, 0.5) is 4.39 Å². The van der Waals surface area contributed by atoms with Crippen molar-refractivity contribution in [3.05, 3.63) is 34.6 Å². The molecule has 0 amide bonds. The van der Waals surface area contributed by atoms with Gasteiger partial charge in [0.05, 0.1) is 6.10 Å². The summed E-state index contributed by atoms with van der Waals surface area (Å²) in [5.41, 5.74) is 0.385. The summed E-state index contributed by atoms with van der Waals surface area (Å²) < 4.78 is 13.6.